The molecule has 96 valence electrons. The normalized spacial score (nSPS) is 11.6. The van der Waals surface area contributed by atoms with Gasteiger partial charge in [-0.15, -0.1) is 21.5 Å². The first kappa shape index (κ1) is 12.8. The number of alkyl halides is 3. The Kier molecular flexibility index (Phi) is 3.25. The molecule has 0 radical (unpaired) electrons. The molecule has 0 bridgehead atoms. The zero-order chi connectivity index (χ0) is 13.3. The van der Waals surface area contributed by atoms with Crippen molar-refractivity contribution in [2.75, 3.05) is 7.11 Å². The molecule has 18 heavy (non-hydrogen) atoms. The topological polar surface area (TPSA) is 35.0 Å². The molecule has 0 saturated heterocycles. The number of ether oxygens (including phenoxy) is 1. The van der Waals surface area contributed by atoms with Crippen LogP contribution in [0.15, 0.2) is 17.5 Å². The van der Waals surface area contributed by atoms with E-state index in [2.05, 4.69) is 10.2 Å². The molecule has 3 nitrogen and oxygen atoms in total. The van der Waals surface area contributed by atoms with Gasteiger partial charge >= 0.3 is 6.18 Å². The number of methoxy groups -OCH3 is 1. The van der Waals surface area contributed by atoms with Gasteiger partial charge in [-0.3, -0.25) is 0 Å². The summed E-state index contributed by atoms with van der Waals surface area (Å²) in [5, 5.41) is 8.40. The van der Waals surface area contributed by atoms with Crippen LogP contribution >= 0.6 is 11.3 Å². The van der Waals surface area contributed by atoms with Crippen molar-refractivity contribution >= 4 is 11.3 Å². The van der Waals surface area contributed by atoms with Crippen molar-refractivity contribution in [1.29, 1.82) is 0 Å². The van der Waals surface area contributed by atoms with Gasteiger partial charge in [-0.1, -0.05) is 6.07 Å². The van der Waals surface area contributed by atoms with Gasteiger partial charge in [0.2, 0.25) is 5.88 Å². The standard InChI is InChI=1S/C11H9F3N2OS/c1-6-8(7-4-3-5-18-7)9(11(12,13)14)15-16-10(6)17-2/h3-5H,1-2H3. The Balaban J connectivity index is 2.73. The number of hydrogen-bond acceptors (Lipinski definition) is 4. The molecular weight excluding hydrogens is 265 g/mol. The maximum absolute atomic E-state index is 12.9. The summed E-state index contributed by atoms with van der Waals surface area (Å²) in [4.78, 5) is 0.494. The van der Waals surface area contributed by atoms with E-state index < -0.39 is 11.9 Å². The molecular formula is C11H9F3N2OS. The summed E-state index contributed by atoms with van der Waals surface area (Å²) < 4.78 is 43.7. The first-order chi connectivity index (χ1) is 8.45. The number of halogens is 3. The first-order valence-corrected chi connectivity index (χ1v) is 5.85. The smallest absolute Gasteiger partial charge is 0.435 e. The Bertz CT molecular complexity index is 552. The van der Waals surface area contributed by atoms with Crippen molar-refractivity contribution in [3.8, 4) is 16.3 Å². The van der Waals surface area contributed by atoms with Gasteiger partial charge in [-0.25, -0.2) is 0 Å². The van der Waals surface area contributed by atoms with Crippen molar-refractivity contribution in [2.24, 2.45) is 0 Å². The van der Waals surface area contributed by atoms with Gasteiger partial charge in [-0.05, 0) is 18.4 Å². The summed E-state index contributed by atoms with van der Waals surface area (Å²) in [6.45, 7) is 1.54. The average Bonchev–Trinajstić information content (AvgIpc) is 2.80. The van der Waals surface area contributed by atoms with Crippen LogP contribution in [0.25, 0.3) is 10.4 Å². The minimum absolute atomic E-state index is 0.0318. The lowest BCUT2D eigenvalue weighted by atomic mass is 10.1. The summed E-state index contributed by atoms with van der Waals surface area (Å²) in [7, 11) is 1.35. The van der Waals surface area contributed by atoms with Gasteiger partial charge in [0.15, 0.2) is 5.69 Å². The molecule has 0 spiro atoms. The molecule has 0 N–H and O–H groups in total. The zero-order valence-electron chi connectivity index (χ0n) is 9.58. The molecule has 0 unspecified atom stereocenters. The van der Waals surface area contributed by atoms with Gasteiger partial charge in [0.05, 0.1) is 7.11 Å². The lowest BCUT2D eigenvalue weighted by Crippen LogP contribution is -2.13. The lowest BCUT2D eigenvalue weighted by molar-refractivity contribution is -0.141. The van der Waals surface area contributed by atoms with Crippen LogP contribution in [0, 0.1) is 6.92 Å². The van der Waals surface area contributed by atoms with E-state index in [1.54, 1.807) is 17.5 Å². The number of thiophene rings is 1. The van der Waals surface area contributed by atoms with E-state index in [0.29, 0.717) is 10.4 Å². The second-order valence-electron chi connectivity index (χ2n) is 3.53. The van der Waals surface area contributed by atoms with E-state index >= 15 is 0 Å². The van der Waals surface area contributed by atoms with Crippen molar-refractivity contribution in [1.82, 2.24) is 10.2 Å². The Morgan fingerprint density at radius 1 is 1.28 bits per heavy atom. The summed E-state index contributed by atoms with van der Waals surface area (Å²) >= 11 is 1.22. The highest BCUT2D eigenvalue weighted by Crippen LogP contribution is 2.40. The van der Waals surface area contributed by atoms with Crippen LogP contribution in [0.2, 0.25) is 0 Å². The molecule has 0 aromatic carbocycles. The van der Waals surface area contributed by atoms with Gasteiger partial charge in [0.1, 0.15) is 0 Å². The van der Waals surface area contributed by atoms with Gasteiger partial charge in [0, 0.05) is 16.0 Å². The van der Waals surface area contributed by atoms with E-state index in [9.17, 15) is 13.2 Å². The quantitative estimate of drug-likeness (QED) is 0.840. The summed E-state index contributed by atoms with van der Waals surface area (Å²) in [6.07, 6.45) is -4.54. The summed E-state index contributed by atoms with van der Waals surface area (Å²) in [5.74, 6) is 0.103. The highest BCUT2D eigenvalue weighted by Gasteiger charge is 2.38. The minimum atomic E-state index is -4.54. The lowest BCUT2D eigenvalue weighted by Gasteiger charge is -2.14. The van der Waals surface area contributed by atoms with E-state index in [1.807, 2.05) is 0 Å². The first-order valence-electron chi connectivity index (χ1n) is 4.97. The summed E-state index contributed by atoms with van der Waals surface area (Å²) in [5.41, 5.74) is -0.616. The molecule has 0 fully saturated rings. The largest absolute Gasteiger partial charge is 0.480 e. The molecule has 2 rings (SSSR count). The fourth-order valence-corrected chi connectivity index (χ4v) is 2.45. The Morgan fingerprint density at radius 2 is 2.00 bits per heavy atom. The van der Waals surface area contributed by atoms with Crippen LogP contribution in [0.5, 0.6) is 5.88 Å². The Labute approximate surface area is 105 Å². The fourth-order valence-electron chi connectivity index (χ4n) is 1.62. The van der Waals surface area contributed by atoms with Crippen LogP contribution in [0.4, 0.5) is 13.2 Å². The highest BCUT2D eigenvalue weighted by atomic mass is 32.1. The molecule has 0 aliphatic rings. The molecule has 2 heterocycles. The van der Waals surface area contributed by atoms with Crippen molar-refractivity contribution < 1.29 is 17.9 Å². The number of aromatic nitrogens is 2. The molecule has 7 heteroatoms. The molecule has 0 atom stereocenters. The Morgan fingerprint density at radius 3 is 2.50 bits per heavy atom. The fraction of sp³-hybridized carbons (Fsp3) is 0.273. The minimum Gasteiger partial charge on any atom is -0.480 e. The third kappa shape index (κ3) is 2.17. The van der Waals surface area contributed by atoms with Gasteiger partial charge in [-0.2, -0.15) is 13.2 Å². The maximum Gasteiger partial charge on any atom is 0.435 e. The third-order valence-corrected chi connectivity index (χ3v) is 3.29. The average molecular weight is 274 g/mol. The predicted octanol–water partition coefficient (Wildman–Crippen LogP) is 3.54. The second-order valence-corrected chi connectivity index (χ2v) is 4.48. The van der Waals surface area contributed by atoms with Gasteiger partial charge in [0.25, 0.3) is 0 Å². The summed E-state index contributed by atoms with van der Waals surface area (Å²) in [6, 6.07) is 3.30. The molecule has 0 aliphatic carbocycles. The number of nitrogens with zero attached hydrogens (tertiary/aromatic N) is 2. The third-order valence-electron chi connectivity index (χ3n) is 2.40. The van der Waals surface area contributed by atoms with Crippen LogP contribution in [-0.4, -0.2) is 17.3 Å². The van der Waals surface area contributed by atoms with E-state index in [1.165, 1.54) is 25.4 Å². The molecule has 2 aromatic heterocycles. The van der Waals surface area contributed by atoms with Crippen LogP contribution in [-0.2, 0) is 6.18 Å². The molecule has 0 aliphatic heterocycles. The number of rotatable bonds is 2. The highest BCUT2D eigenvalue weighted by molar-refractivity contribution is 7.13. The second kappa shape index (κ2) is 4.56. The van der Waals surface area contributed by atoms with Crippen molar-refractivity contribution in [3.05, 3.63) is 28.8 Å². The predicted molar refractivity (Wildman–Crippen MR) is 61.6 cm³/mol. The molecule has 0 saturated carbocycles. The van der Waals surface area contributed by atoms with Crippen LogP contribution < -0.4 is 4.74 Å². The van der Waals surface area contributed by atoms with Crippen LogP contribution in [0.1, 0.15) is 11.3 Å². The zero-order valence-corrected chi connectivity index (χ0v) is 10.4. The number of hydrogen-bond donors (Lipinski definition) is 0. The van der Waals surface area contributed by atoms with E-state index in [0.717, 1.165) is 0 Å². The van der Waals surface area contributed by atoms with E-state index in [4.69, 9.17) is 4.74 Å². The molecule has 0 amide bonds. The monoisotopic (exact) mass is 274 g/mol. The van der Waals surface area contributed by atoms with Crippen LogP contribution in [0.3, 0.4) is 0 Å². The Hall–Kier alpha value is -1.63. The SMILES string of the molecule is COc1nnc(C(F)(F)F)c(-c2cccs2)c1C. The van der Waals surface area contributed by atoms with Gasteiger partial charge < -0.3 is 4.74 Å². The van der Waals surface area contributed by atoms with E-state index in [-0.39, 0.29) is 11.4 Å². The maximum atomic E-state index is 12.9. The molecule has 2 aromatic rings. The van der Waals surface area contributed by atoms with Crippen molar-refractivity contribution in [2.45, 2.75) is 13.1 Å². The van der Waals surface area contributed by atoms with Crippen molar-refractivity contribution in [3.63, 3.8) is 0 Å².